The van der Waals surface area contributed by atoms with Crippen molar-refractivity contribution < 1.29 is 17.7 Å². The molecule has 4 aromatic rings. The number of aromatic nitrogens is 3. The van der Waals surface area contributed by atoms with Crippen LogP contribution in [0.1, 0.15) is 26.7 Å². The molecule has 32 heavy (non-hydrogen) atoms. The number of sulfonamides is 1. The van der Waals surface area contributed by atoms with E-state index in [4.69, 9.17) is 20.9 Å². The van der Waals surface area contributed by atoms with E-state index in [-0.39, 0.29) is 11.1 Å². The van der Waals surface area contributed by atoms with Crippen LogP contribution in [0, 0.1) is 5.92 Å². The summed E-state index contributed by atoms with van der Waals surface area (Å²) in [5.41, 5.74) is 1.85. The van der Waals surface area contributed by atoms with Gasteiger partial charge < -0.3 is 9.26 Å². The van der Waals surface area contributed by atoms with Gasteiger partial charge in [0.2, 0.25) is 15.9 Å². The van der Waals surface area contributed by atoms with Crippen LogP contribution in [-0.2, 0) is 10.0 Å². The van der Waals surface area contributed by atoms with Crippen molar-refractivity contribution in [2.45, 2.75) is 31.9 Å². The van der Waals surface area contributed by atoms with Gasteiger partial charge in [0.1, 0.15) is 5.02 Å². The van der Waals surface area contributed by atoms with Crippen LogP contribution in [0.4, 0.5) is 5.82 Å². The van der Waals surface area contributed by atoms with Crippen molar-refractivity contribution in [2.24, 2.45) is 5.92 Å². The number of rotatable bonds is 7. The zero-order valence-electron chi connectivity index (χ0n) is 17.5. The number of pyridine rings is 2. The number of nitrogens with one attached hydrogen (secondary N) is 1. The number of hydrogen-bond donors (Lipinski definition) is 1. The van der Waals surface area contributed by atoms with E-state index in [1.807, 2.05) is 12.1 Å². The first-order valence-corrected chi connectivity index (χ1v) is 12.2. The van der Waals surface area contributed by atoms with E-state index in [9.17, 15) is 8.42 Å². The Morgan fingerprint density at radius 2 is 2.03 bits per heavy atom. The molecule has 1 N–H and O–H groups in total. The lowest BCUT2D eigenvalue weighted by atomic mass is 10.0. The maximum Gasteiger partial charge on any atom is 0.236 e. The van der Waals surface area contributed by atoms with Crippen LogP contribution in [-0.4, -0.2) is 35.4 Å². The average Bonchev–Trinajstić information content (AvgIpc) is 3.55. The Labute approximate surface area is 190 Å². The first-order chi connectivity index (χ1) is 15.3. The molecule has 0 aliphatic heterocycles. The third-order valence-electron chi connectivity index (χ3n) is 5.19. The highest BCUT2D eigenvalue weighted by atomic mass is 35.5. The molecule has 0 saturated heterocycles. The second-order valence-corrected chi connectivity index (χ2v) is 10.7. The average molecular weight is 473 g/mol. The predicted octanol–water partition coefficient (Wildman–Crippen LogP) is 5.03. The summed E-state index contributed by atoms with van der Waals surface area (Å²) in [5, 5.41) is 6.24. The van der Waals surface area contributed by atoms with Crippen LogP contribution in [0.3, 0.4) is 0 Å². The van der Waals surface area contributed by atoms with Gasteiger partial charge in [-0.15, -0.1) is 0 Å². The number of halogens is 1. The lowest BCUT2D eigenvalue weighted by molar-refractivity contribution is 0.261. The number of fused-ring (bicyclic) bond motifs is 2. The summed E-state index contributed by atoms with van der Waals surface area (Å²) in [6.45, 7) is 4.62. The Kier molecular flexibility index (Phi) is 5.17. The largest absolute Gasteiger partial charge is 0.476 e. The van der Waals surface area contributed by atoms with Gasteiger partial charge in [-0.1, -0.05) is 30.6 Å². The quantitative estimate of drug-likeness (QED) is 0.402. The lowest BCUT2D eigenvalue weighted by Crippen LogP contribution is -2.17. The van der Waals surface area contributed by atoms with Crippen LogP contribution in [0.25, 0.3) is 33.0 Å². The fourth-order valence-corrected chi connectivity index (χ4v) is 4.97. The fraction of sp³-hybridized carbons (Fsp3) is 0.318. The normalized spacial score (nSPS) is 14.4. The summed E-state index contributed by atoms with van der Waals surface area (Å²) in [6, 6.07) is 7.25. The molecule has 0 amide bonds. The van der Waals surface area contributed by atoms with E-state index in [1.165, 1.54) is 0 Å². The summed E-state index contributed by atoms with van der Waals surface area (Å²) in [4.78, 5) is 8.87. The minimum absolute atomic E-state index is 0.198. The summed E-state index contributed by atoms with van der Waals surface area (Å²) in [5.74, 6) is 0.938. The van der Waals surface area contributed by atoms with Gasteiger partial charge in [-0.05, 0) is 48.4 Å². The zero-order chi connectivity index (χ0) is 22.5. The molecule has 1 fully saturated rings. The molecule has 5 rings (SSSR count). The summed E-state index contributed by atoms with van der Waals surface area (Å²) in [7, 11) is -3.44. The molecule has 0 radical (unpaired) electrons. The topological polar surface area (TPSA) is 107 Å². The van der Waals surface area contributed by atoms with Crippen LogP contribution >= 0.6 is 11.6 Å². The lowest BCUT2D eigenvalue weighted by Gasteiger charge is -2.11. The summed E-state index contributed by atoms with van der Waals surface area (Å²) in [6.07, 6.45) is 4.69. The minimum atomic E-state index is -3.44. The Morgan fingerprint density at radius 1 is 1.22 bits per heavy atom. The molecule has 1 aliphatic carbocycles. The Hall–Kier alpha value is -2.91. The van der Waals surface area contributed by atoms with E-state index in [0.29, 0.717) is 52.9 Å². The highest BCUT2D eigenvalue weighted by Gasteiger charge is 2.36. The van der Waals surface area contributed by atoms with Crippen molar-refractivity contribution in [3.8, 4) is 17.1 Å². The molecular formula is C22H21ClN4O4S. The zero-order valence-corrected chi connectivity index (χ0v) is 19.1. The van der Waals surface area contributed by atoms with E-state index in [2.05, 4.69) is 33.7 Å². The predicted molar refractivity (Wildman–Crippen MR) is 123 cm³/mol. The molecule has 8 nitrogen and oxygen atoms in total. The monoisotopic (exact) mass is 472 g/mol. The van der Waals surface area contributed by atoms with Gasteiger partial charge in [0, 0.05) is 23.3 Å². The molecule has 1 aromatic carbocycles. The van der Waals surface area contributed by atoms with E-state index in [0.717, 1.165) is 16.3 Å². The highest BCUT2D eigenvalue weighted by Crippen LogP contribution is 2.36. The molecular weight excluding hydrogens is 452 g/mol. The number of benzene rings is 1. The van der Waals surface area contributed by atoms with E-state index < -0.39 is 10.0 Å². The molecule has 10 heteroatoms. The van der Waals surface area contributed by atoms with Crippen LogP contribution < -0.4 is 9.46 Å². The number of ether oxygens (including phenoxy) is 1. The number of nitrogens with zero attached hydrogens (tertiary/aromatic N) is 3. The molecule has 166 valence electrons. The molecule has 0 spiro atoms. The molecule has 0 unspecified atom stereocenters. The van der Waals surface area contributed by atoms with Gasteiger partial charge >= 0.3 is 0 Å². The van der Waals surface area contributed by atoms with Gasteiger partial charge in [0.15, 0.2) is 11.4 Å². The highest BCUT2D eigenvalue weighted by molar-refractivity contribution is 7.93. The SMILES string of the molecule is CC(C)COc1ncc(-c2nccc3cc4c(NS(=O)(=O)C5CC5)noc4cc23)cc1Cl. The van der Waals surface area contributed by atoms with Gasteiger partial charge in [0.25, 0.3) is 0 Å². The van der Waals surface area contributed by atoms with Crippen molar-refractivity contribution in [3.05, 3.63) is 41.7 Å². The third kappa shape index (κ3) is 3.98. The minimum Gasteiger partial charge on any atom is -0.476 e. The van der Waals surface area contributed by atoms with Gasteiger partial charge in [-0.25, -0.2) is 13.4 Å². The van der Waals surface area contributed by atoms with Crippen LogP contribution in [0.15, 0.2) is 41.2 Å². The maximum atomic E-state index is 12.3. The molecule has 3 heterocycles. The second kappa shape index (κ2) is 7.90. The van der Waals surface area contributed by atoms with Crippen LogP contribution in [0.2, 0.25) is 5.02 Å². The number of anilines is 1. The third-order valence-corrected chi connectivity index (χ3v) is 7.29. The first-order valence-electron chi connectivity index (χ1n) is 10.3. The molecule has 0 bridgehead atoms. The maximum absolute atomic E-state index is 12.3. The van der Waals surface area contributed by atoms with Gasteiger partial charge in [-0.2, -0.15) is 0 Å². The number of hydrogen-bond acceptors (Lipinski definition) is 7. The molecule has 1 saturated carbocycles. The smallest absolute Gasteiger partial charge is 0.236 e. The fourth-order valence-electron chi connectivity index (χ4n) is 3.41. The van der Waals surface area contributed by atoms with Crippen molar-refractivity contribution in [1.82, 2.24) is 15.1 Å². The standard InChI is InChI=1S/C22H21ClN4O4S/c1-12(2)11-30-22-18(23)8-14(10-25-22)20-16-9-19-17(7-13(16)5-6-24-20)21(26-31-19)27-32(28,29)15-3-4-15/h5-10,12,15H,3-4,11H2,1-2H3,(H,26,27). The van der Waals surface area contributed by atoms with Gasteiger partial charge in [-0.3, -0.25) is 9.71 Å². The van der Waals surface area contributed by atoms with Crippen LogP contribution in [0.5, 0.6) is 5.88 Å². The first kappa shape index (κ1) is 21.0. The van der Waals surface area contributed by atoms with E-state index in [1.54, 1.807) is 24.5 Å². The Morgan fingerprint density at radius 3 is 2.75 bits per heavy atom. The van der Waals surface area contributed by atoms with Crippen molar-refractivity contribution >= 4 is 49.2 Å². The second-order valence-electron chi connectivity index (χ2n) is 8.32. The van der Waals surface area contributed by atoms with E-state index >= 15 is 0 Å². The Balaban J connectivity index is 1.54. The van der Waals surface area contributed by atoms with Crippen molar-refractivity contribution in [1.29, 1.82) is 0 Å². The van der Waals surface area contributed by atoms with Gasteiger partial charge in [0.05, 0.1) is 22.9 Å². The van der Waals surface area contributed by atoms with Crippen molar-refractivity contribution in [2.75, 3.05) is 11.3 Å². The van der Waals surface area contributed by atoms with Crippen molar-refractivity contribution in [3.63, 3.8) is 0 Å². The summed E-state index contributed by atoms with van der Waals surface area (Å²) < 4.78 is 38.3. The Bertz CT molecular complexity index is 1430. The molecule has 0 atom stereocenters. The summed E-state index contributed by atoms with van der Waals surface area (Å²) >= 11 is 6.40. The molecule has 3 aromatic heterocycles. The molecule has 1 aliphatic rings.